The fraction of sp³-hybridized carbons (Fsp3) is 0.333. The van der Waals surface area contributed by atoms with Crippen LogP contribution in [0, 0.1) is 6.92 Å². The summed E-state index contributed by atoms with van der Waals surface area (Å²) in [5.41, 5.74) is 9.26. The van der Waals surface area contributed by atoms with Crippen molar-refractivity contribution in [3.63, 3.8) is 0 Å². The molecule has 0 saturated heterocycles. The summed E-state index contributed by atoms with van der Waals surface area (Å²) in [6.07, 6.45) is 3.98. The SMILES string of the molecule is Cc1nc(N)cc(-c2cccc(C3CCC3)c2)n1. The van der Waals surface area contributed by atoms with Gasteiger partial charge in [-0.25, -0.2) is 9.97 Å². The minimum atomic E-state index is 0.534. The van der Waals surface area contributed by atoms with E-state index in [4.69, 9.17) is 5.73 Å². The van der Waals surface area contributed by atoms with E-state index in [-0.39, 0.29) is 0 Å². The van der Waals surface area contributed by atoms with Crippen LogP contribution in [-0.2, 0) is 0 Å². The molecule has 1 aliphatic carbocycles. The maximum absolute atomic E-state index is 5.78. The molecule has 92 valence electrons. The van der Waals surface area contributed by atoms with Crippen LogP contribution in [0.2, 0.25) is 0 Å². The van der Waals surface area contributed by atoms with Crippen molar-refractivity contribution in [2.24, 2.45) is 0 Å². The van der Waals surface area contributed by atoms with Crippen molar-refractivity contribution in [3.05, 3.63) is 41.7 Å². The fourth-order valence-corrected chi connectivity index (χ4v) is 2.43. The molecule has 3 rings (SSSR count). The van der Waals surface area contributed by atoms with E-state index in [0.717, 1.165) is 23.0 Å². The highest BCUT2D eigenvalue weighted by Crippen LogP contribution is 2.37. The van der Waals surface area contributed by atoms with Crippen molar-refractivity contribution in [2.75, 3.05) is 5.73 Å². The van der Waals surface area contributed by atoms with E-state index in [2.05, 4.69) is 34.2 Å². The summed E-state index contributed by atoms with van der Waals surface area (Å²) in [5.74, 6) is 2.00. The summed E-state index contributed by atoms with van der Waals surface area (Å²) in [6.45, 7) is 1.87. The Hall–Kier alpha value is -1.90. The average molecular weight is 239 g/mol. The fourth-order valence-electron chi connectivity index (χ4n) is 2.43. The van der Waals surface area contributed by atoms with Gasteiger partial charge in [0.15, 0.2) is 0 Å². The lowest BCUT2D eigenvalue weighted by molar-refractivity contribution is 0.420. The van der Waals surface area contributed by atoms with Gasteiger partial charge in [-0.2, -0.15) is 0 Å². The molecule has 0 spiro atoms. The minimum Gasteiger partial charge on any atom is -0.384 e. The Morgan fingerprint density at radius 2 is 2.00 bits per heavy atom. The number of benzene rings is 1. The molecule has 0 unspecified atom stereocenters. The Labute approximate surface area is 107 Å². The quantitative estimate of drug-likeness (QED) is 0.874. The van der Waals surface area contributed by atoms with Crippen LogP contribution in [0.15, 0.2) is 30.3 Å². The number of nitrogens with two attached hydrogens (primary N) is 1. The summed E-state index contributed by atoms with van der Waals surface area (Å²) < 4.78 is 0. The van der Waals surface area contributed by atoms with Gasteiger partial charge in [0.2, 0.25) is 0 Å². The predicted octanol–water partition coefficient (Wildman–Crippen LogP) is 3.30. The lowest BCUT2D eigenvalue weighted by Crippen LogP contribution is -2.08. The number of anilines is 1. The number of hydrogen-bond acceptors (Lipinski definition) is 3. The Morgan fingerprint density at radius 1 is 1.17 bits per heavy atom. The first kappa shape index (κ1) is 11.2. The van der Waals surface area contributed by atoms with Gasteiger partial charge in [-0.15, -0.1) is 0 Å². The highest BCUT2D eigenvalue weighted by molar-refractivity contribution is 5.62. The Bertz CT molecular complexity index is 553. The first-order valence-electron chi connectivity index (χ1n) is 6.44. The zero-order chi connectivity index (χ0) is 12.5. The maximum atomic E-state index is 5.78. The number of aryl methyl sites for hydroxylation is 1. The van der Waals surface area contributed by atoms with E-state index in [1.54, 1.807) is 0 Å². The predicted molar refractivity (Wildman–Crippen MR) is 73.2 cm³/mol. The highest BCUT2D eigenvalue weighted by atomic mass is 14.9. The van der Waals surface area contributed by atoms with Crippen molar-refractivity contribution in [3.8, 4) is 11.3 Å². The second-order valence-electron chi connectivity index (χ2n) is 4.98. The number of hydrogen-bond donors (Lipinski definition) is 1. The standard InChI is InChI=1S/C15H17N3/c1-10-17-14(9-15(16)18-10)13-7-3-6-12(8-13)11-4-2-5-11/h3,6-9,11H,2,4-5H2,1H3,(H2,16,17,18). The van der Waals surface area contributed by atoms with Gasteiger partial charge in [0.25, 0.3) is 0 Å². The van der Waals surface area contributed by atoms with E-state index in [0.29, 0.717) is 5.82 Å². The molecular weight excluding hydrogens is 222 g/mol. The molecule has 1 aromatic heterocycles. The number of rotatable bonds is 2. The van der Waals surface area contributed by atoms with Gasteiger partial charge in [0.1, 0.15) is 11.6 Å². The molecule has 3 heteroatoms. The molecule has 3 nitrogen and oxygen atoms in total. The molecule has 2 N–H and O–H groups in total. The van der Waals surface area contributed by atoms with Crippen LogP contribution in [-0.4, -0.2) is 9.97 Å². The molecule has 1 aliphatic rings. The average Bonchev–Trinajstić information content (AvgIpc) is 2.26. The van der Waals surface area contributed by atoms with Gasteiger partial charge in [-0.1, -0.05) is 24.6 Å². The molecular formula is C15H17N3. The number of nitrogens with zero attached hydrogens (tertiary/aromatic N) is 2. The molecule has 1 saturated carbocycles. The second kappa shape index (κ2) is 4.41. The molecule has 0 amide bonds. The van der Waals surface area contributed by atoms with E-state index in [1.807, 2.05) is 13.0 Å². The van der Waals surface area contributed by atoms with E-state index < -0.39 is 0 Å². The van der Waals surface area contributed by atoms with Crippen LogP contribution >= 0.6 is 0 Å². The Morgan fingerprint density at radius 3 is 2.67 bits per heavy atom. The van der Waals surface area contributed by atoms with Gasteiger partial charge >= 0.3 is 0 Å². The van der Waals surface area contributed by atoms with Gasteiger partial charge in [-0.3, -0.25) is 0 Å². The van der Waals surface area contributed by atoms with Crippen LogP contribution in [0.4, 0.5) is 5.82 Å². The maximum Gasteiger partial charge on any atom is 0.128 e. The molecule has 0 bridgehead atoms. The largest absolute Gasteiger partial charge is 0.384 e. The first-order chi connectivity index (χ1) is 8.72. The topological polar surface area (TPSA) is 51.8 Å². The molecule has 1 heterocycles. The second-order valence-corrected chi connectivity index (χ2v) is 4.98. The Kier molecular flexibility index (Phi) is 2.74. The third kappa shape index (κ3) is 2.08. The zero-order valence-corrected chi connectivity index (χ0v) is 10.6. The highest BCUT2D eigenvalue weighted by Gasteiger charge is 2.19. The summed E-state index contributed by atoms with van der Waals surface area (Å²) in [7, 11) is 0. The van der Waals surface area contributed by atoms with Crippen molar-refractivity contribution < 1.29 is 0 Å². The summed E-state index contributed by atoms with van der Waals surface area (Å²) in [4.78, 5) is 8.57. The normalized spacial score (nSPS) is 15.4. The minimum absolute atomic E-state index is 0.534. The van der Waals surface area contributed by atoms with Crippen molar-refractivity contribution >= 4 is 5.82 Å². The summed E-state index contributed by atoms with van der Waals surface area (Å²) >= 11 is 0. The summed E-state index contributed by atoms with van der Waals surface area (Å²) in [6, 6.07) is 10.5. The van der Waals surface area contributed by atoms with Gasteiger partial charge < -0.3 is 5.73 Å². The molecule has 0 radical (unpaired) electrons. The van der Waals surface area contributed by atoms with Crippen molar-refractivity contribution in [1.82, 2.24) is 9.97 Å². The molecule has 18 heavy (non-hydrogen) atoms. The van der Waals surface area contributed by atoms with E-state index in [9.17, 15) is 0 Å². The van der Waals surface area contributed by atoms with Gasteiger partial charge in [-0.05, 0) is 37.3 Å². The molecule has 1 aromatic carbocycles. The van der Waals surface area contributed by atoms with Crippen molar-refractivity contribution in [2.45, 2.75) is 32.1 Å². The van der Waals surface area contributed by atoms with E-state index >= 15 is 0 Å². The lowest BCUT2D eigenvalue weighted by atomic mass is 9.79. The van der Waals surface area contributed by atoms with Crippen LogP contribution in [0.25, 0.3) is 11.3 Å². The number of aromatic nitrogens is 2. The first-order valence-corrected chi connectivity index (χ1v) is 6.44. The smallest absolute Gasteiger partial charge is 0.128 e. The molecule has 0 aliphatic heterocycles. The molecule has 0 atom stereocenters. The molecule has 2 aromatic rings. The van der Waals surface area contributed by atoms with Crippen LogP contribution in [0.3, 0.4) is 0 Å². The van der Waals surface area contributed by atoms with Crippen LogP contribution in [0.5, 0.6) is 0 Å². The van der Waals surface area contributed by atoms with Crippen LogP contribution in [0.1, 0.15) is 36.6 Å². The third-order valence-corrected chi connectivity index (χ3v) is 3.62. The molecule has 1 fully saturated rings. The summed E-state index contributed by atoms with van der Waals surface area (Å²) in [5, 5.41) is 0. The van der Waals surface area contributed by atoms with Gasteiger partial charge in [0, 0.05) is 11.6 Å². The van der Waals surface area contributed by atoms with Crippen molar-refractivity contribution in [1.29, 1.82) is 0 Å². The Balaban J connectivity index is 2.00. The van der Waals surface area contributed by atoms with E-state index in [1.165, 1.54) is 24.8 Å². The number of nitrogen functional groups attached to an aromatic ring is 1. The third-order valence-electron chi connectivity index (χ3n) is 3.62. The van der Waals surface area contributed by atoms with Crippen LogP contribution < -0.4 is 5.73 Å². The lowest BCUT2D eigenvalue weighted by Gasteiger charge is -2.26. The zero-order valence-electron chi connectivity index (χ0n) is 10.6. The van der Waals surface area contributed by atoms with Gasteiger partial charge in [0.05, 0.1) is 5.69 Å². The monoisotopic (exact) mass is 239 g/mol.